The number of benzene rings is 1. The molecule has 21 heavy (non-hydrogen) atoms. The van der Waals surface area contributed by atoms with Crippen LogP contribution in [0.15, 0.2) is 24.3 Å². The molecular formula is C16H23FN2O2. The minimum atomic E-state index is -0.254. The van der Waals surface area contributed by atoms with Crippen LogP contribution in [-0.2, 0) is 9.53 Å². The van der Waals surface area contributed by atoms with Crippen LogP contribution in [0.3, 0.4) is 0 Å². The third-order valence-electron chi connectivity index (χ3n) is 3.27. The van der Waals surface area contributed by atoms with E-state index in [9.17, 15) is 9.18 Å². The zero-order valence-electron chi connectivity index (χ0n) is 12.9. The molecule has 0 bridgehead atoms. The maximum absolute atomic E-state index is 13.0. The van der Waals surface area contributed by atoms with Crippen molar-refractivity contribution < 1.29 is 13.9 Å². The lowest BCUT2D eigenvalue weighted by atomic mass is 10.1. The minimum absolute atomic E-state index is 0.0160. The van der Waals surface area contributed by atoms with Gasteiger partial charge in [-0.05, 0) is 38.5 Å². The highest BCUT2D eigenvalue weighted by molar-refractivity contribution is 5.78. The van der Waals surface area contributed by atoms with E-state index in [1.165, 1.54) is 12.1 Å². The number of nitrogens with one attached hydrogen (secondary N) is 1. The standard InChI is InChI=1S/C16H23FN2O2/c1-16(2,3)18-15(20)11-19-8-9-21-14(10-19)12-4-6-13(17)7-5-12/h4-7,14H,8-11H2,1-3H3,(H,18,20). The Morgan fingerprint density at radius 2 is 2.05 bits per heavy atom. The van der Waals surface area contributed by atoms with E-state index in [0.29, 0.717) is 19.7 Å². The lowest BCUT2D eigenvalue weighted by molar-refractivity contribution is -0.125. The van der Waals surface area contributed by atoms with Crippen LogP contribution in [-0.4, -0.2) is 42.6 Å². The summed E-state index contributed by atoms with van der Waals surface area (Å²) >= 11 is 0. The molecule has 116 valence electrons. The Balaban J connectivity index is 1.91. The Labute approximate surface area is 125 Å². The van der Waals surface area contributed by atoms with E-state index in [4.69, 9.17) is 4.74 Å². The quantitative estimate of drug-likeness (QED) is 0.928. The Bertz CT molecular complexity index is 482. The summed E-state index contributed by atoms with van der Waals surface area (Å²) in [6.45, 7) is 8.20. The number of carbonyl (C=O) groups is 1. The van der Waals surface area contributed by atoms with Crippen molar-refractivity contribution in [2.45, 2.75) is 32.4 Å². The van der Waals surface area contributed by atoms with Crippen molar-refractivity contribution in [2.75, 3.05) is 26.2 Å². The fourth-order valence-corrected chi connectivity index (χ4v) is 2.39. The molecule has 4 nitrogen and oxygen atoms in total. The summed E-state index contributed by atoms with van der Waals surface area (Å²) in [5.74, 6) is -0.238. The summed E-state index contributed by atoms with van der Waals surface area (Å²) in [5, 5.41) is 2.96. The molecule has 0 spiro atoms. The first-order chi connectivity index (χ1) is 9.83. The highest BCUT2D eigenvalue weighted by Gasteiger charge is 2.24. The first-order valence-corrected chi connectivity index (χ1v) is 7.24. The molecule has 1 N–H and O–H groups in total. The molecule has 1 aliphatic heterocycles. The maximum atomic E-state index is 13.0. The number of carbonyl (C=O) groups excluding carboxylic acids is 1. The van der Waals surface area contributed by atoms with Crippen molar-refractivity contribution in [3.05, 3.63) is 35.6 Å². The summed E-state index contributed by atoms with van der Waals surface area (Å²) in [6.07, 6.45) is -0.109. The number of rotatable bonds is 3. The number of ether oxygens (including phenoxy) is 1. The molecule has 0 aliphatic carbocycles. The second-order valence-electron chi connectivity index (χ2n) is 6.44. The fourth-order valence-electron chi connectivity index (χ4n) is 2.39. The first kappa shape index (κ1) is 15.9. The number of hydrogen-bond acceptors (Lipinski definition) is 3. The smallest absolute Gasteiger partial charge is 0.234 e. The normalized spacial score (nSPS) is 20.3. The summed E-state index contributed by atoms with van der Waals surface area (Å²) in [6, 6.07) is 6.34. The molecule has 1 amide bonds. The molecular weight excluding hydrogens is 271 g/mol. The van der Waals surface area contributed by atoms with Gasteiger partial charge in [-0.3, -0.25) is 9.69 Å². The van der Waals surface area contributed by atoms with E-state index in [1.54, 1.807) is 12.1 Å². The third kappa shape index (κ3) is 5.10. The SMILES string of the molecule is CC(C)(C)NC(=O)CN1CCOC(c2ccc(F)cc2)C1. The van der Waals surface area contributed by atoms with Gasteiger partial charge in [0, 0.05) is 18.6 Å². The summed E-state index contributed by atoms with van der Waals surface area (Å²) in [5.41, 5.74) is 0.719. The molecule has 1 fully saturated rings. The topological polar surface area (TPSA) is 41.6 Å². The van der Waals surface area contributed by atoms with Gasteiger partial charge in [-0.25, -0.2) is 4.39 Å². The van der Waals surface area contributed by atoms with Gasteiger partial charge in [-0.15, -0.1) is 0 Å². The largest absolute Gasteiger partial charge is 0.371 e. The Hall–Kier alpha value is -1.46. The van der Waals surface area contributed by atoms with Crippen molar-refractivity contribution in [1.29, 1.82) is 0 Å². The Kier molecular flexibility index (Phi) is 4.96. The Morgan fingerprint density at radius 3 is 2.67 bits per heavy atom. The average molecular weight is 294 g/mol. The zero-order chi connectivity index (χ0) is 15.5. The minimum Gasteiger partial charge on any atom is -0.371 e. The van der Waals surface area contributed by atoms with Crippen molar-refractivity contribution in [3.8, 4) is 0 Å². The number of hydrogen-bond donors (Lipinski definition) is 1. The van der Waals surface area contributed by atoms with Gasteiger partial charge in [0.1, 0.15) is 5.82 Å². The van der Waals surface area contributed by atoms with Gasteiger partial charge in [-0.2, -0.15) is 0 Å². The molecule has 2 rings (SSSR count). The van der Waals surface area contributed by atoms with E-state index < -0.39 is 0 Å². The summed E-state index contributed by atoms with van der Waals surface area (Å²) in [7, 11) is 0. The van der Waals surface area contributed by atoms with Gasteiger partial charge in [0.2, 0.25) is 5.91 Å². The molecule has 1 atom stereocenters. The number of morpholine rings is 1. The van der Waals surface area contributed by atoms with Crippen LogP contribution in [0.2, 0.25) is 0 Å². The zero-order valence-corrected chi connectivity index (χ0v) is 12.9. The van der Waals surface area contributed by atoms with E-state index in [0.717, 1.165) is 12.1 Å². The van der Waals surface area contributed by atoms with Crippen LogP contribution >= 0.6 is 0 Å². The van der Waals surface area contributed by atoms with E-state index in [2.05, 4.69) is 10.2 Å². The van der Waals surface area contributed by atoms with Crippen molar-refractivity contribution >= 4 is 5.91 Å². The predicted octanol–water partition coefficient (Wildman–Crippen LogP) is 2.11. The van der Waals surface area contributed by atoms with Crippen LogP contribution in [0.1, 0.15) is 32.4 Å². The fraction of sp³-hybridized carbons (Fsp3) is 0.562. The summed E-state index contributed by atoms with van der Waals surface area (Å²) < 4.78 is 18.7. The van der Waals surface area contributed by atoms with Crippen LogP contribution in [0.5, 0.6) is 0 Å². The molecule has 1 saturated heterocycles. The number of amides is 1. The average Bonchev–Trinajstić information content (AvgIpc) is 2.37. The lowest BCUT2D eigenvalue weighted by Gasteiger charge is -2.33. The van der Waals surface area contributed by atoms with E-state index in [1.807, 2.05) is 20.8 Å². The highest BCUT2D eigenvalue weighted by Crippen LogP contribution is 2.22. The molecule has 1 heterocycles. The van der Waals surface area contributed by atoms with Gasteiger partial charge in [0.25, 0.3) is 0 Å². The molecule has 1 aromatic carbocycles. The number of halogens is 1. The molecule has 1 aromatic rings. The van der Waals surface area contributed by atoms with Crippen molar-refractivity contribution in [2.24, 2.45) is 0 Å². The van der Waals surface area contributed by atoms with Gasteiger partial charge < -0.3 is 10.1 Å². The van der Waals surface area contributed by atoms with Crippen LogP contribution < -0.4 is 5.32 Å². The van der Waals surface area contributed by atoms with Crippen LogP contribution in [0.25, 0.3) is 0 Å². The first-order valence-electron chi connectivity index (χ1n) is 7.24. The van der Waals surface area contributed by atoms with Gasteiger partial charge in [0.15, 0.2) is 0 Å². The summed E-state index contributed by atoms with van der Waals surface area (Å²) in [4.78, 5) is 14.0. The molecule has 1 unspecified atom stereocenters. The van der Waals surface area contributed by atoms with E-state index >= 15 is 0 Å². The van der Waals surface area contributed by atoms with Gasteiger partial charge in [-0.1, -0.05) is 12.1 Å². The maximum Gasteiger partial charge on any atom is 0.234 e. The molecule has 0 aromatic heterocycles. The molecule has 0 saturated carbocycles. The van der Waals surface area contributed by atoms with Crippen LogP contribution in [0.4, 0.5) is 4.39 Å². The molecule has 0 radical (unpaired) electrons. The third-order valence-corrected chi connectivity index (χ3v) is 3.27. The predicted molar refractivity (Wildman–Crippen MR) is 79.4 cm³/mol. The second kappa shape index (κ2) is 6.54. The highest BCUT2D eigenvalue weighted by atomic mass is 19.1. The molecule has 1 aliphatic rings. The Morgan fingerprint density at radius 1 is 1.38 bits per heavy atom. The van der Waals surface area contributed by atoms with E-state index in [-0.39, 0.29) is 23.4 Å². The van der Waals surface area contributed by atoms with Crippen LogP contribution in [0, 0.1) is 5.82 Å². The lowest BCUT2D eigenvalue weighted by Crippen LogP contribution is -2.48. The van der Waals surface area contributed by atoms with Crippen molar-refractivity contribution in [3.63, 3.8) is 0 Å². The molecule has 5 heteroatoms. The van der Waals surface area contributed by atoms with Crippen molar-refractivity contribution in [1.82, 2.24) is 10.2 Å². The monoisotopic (exact) mass is 294 g/mol. The second-order valence-corrected chi connectivity index (χ2v) is 6.44. The number of nitrogens with zero attached hydrogens (tertiary/aromatic N) is 1. The van der Waals surface area contributed by atoms with Gasteiger partial charge >= 0.3 is 0 Å². The van der Waals surface area contributed by atoms with Gasteiger partial charge in [0.05, 0.1) is 19.3 Å².